The summed E-state index contributed by atoms with van der Waals surface area (Å²) in [5, 5.41) is 12.2. The van der Waals surface area contributed by atoms with Gasteiger partial charge < -0.3 is 21.3 Å². The summed E-state index contributed by atoms with van der Waals surface area (Å²) >= 11 is 5.81. The summed E-state index contributed by atoms with van der Waals surface area (Å²) in [5.41, 5.74) is 1.99. The second-order valence-corrected chi connectivity index (χ2v) is 6.65. The lowest BCUT2D eigenvalue weighted by atomic mass is 10.1. The molecule has 0 saturated carbocycles. The fourth-order valence-electron chi connectivity index (χ4n) is 2.83. The van der Waals surface area contributed by atoms with E-state index < -0.39 is 0 Å². The summed E-state index contributed by atoms with van der Waals surface area (Å²) in [6.45, 7) is 0.983. The highest BCUT2D eigenvalue weighted by Crippen LogP contribution is 2.17. The molecular formula is C19H22Cl2N4O2. The van der Waals surface area contributed by atoms with Crippen LogP contribution in [0.25, 0.3) is 0 Å². The van der Waals surface area contributed by atoms with Crippen molar-refractivity contribution in [3.63, 3.8) is 0 Å². The molecule has 0 spiro atoms. The summed E-state index contributed by atoms with van der Waals surface area (Å²) in [4.78, 5) is 24.0. The lowest BCUT2D eigenvalue weighted by molar-refractivity contribution is -0.116. The lowest BCUT2D eigenvalue weighted by Gasteiger charge is -2.11. The summed E-state index contributed by atoms with van der Waals surface area (Å²) in [5.74, 6) is -0.00871. The van der Waals surface area contributed by atoms with Gasteiger partial charge >= 0.3 is 6.03 Å². The Bertz CT molecular complexity index is 760. The van der Waals surface area contributed by atoms with Gasteiger partial charge in [-0.1, -0.05) is 11.6 Å². The summed E-state index contributed by atoms with van der Waals surface area (Å²) < 4.78 is 0. The van der Waals surface area contributed by atoms with Gasteiger partial charge in [-0.25, -0.2) is 4.79 Å². The molecule has 4 N–H and O–H groups in total. The Labute approximate surface area is 169 Å². The van der Waals surface area contributed by atoms with Crippen molar-refractivity contribution in [1.82, 2.24) is 5.32 Å². The Morgan fingerprint density at radius 2 is 1.44 bits per heavy atom. The predicted octanol–water partition coefficient (Wildman–Crippen LogP) is 4.49. The van der Waals surface area contributed by atoms with Crippen LogP contribution in [0.1, 0.15) is 19.3 Å². The molecule has 8 heteroatoms. The molecule has 1 unspecified atom stereocenters. The van der Waals surface area contributed by atoms with E-state index in [2.05, 4.69) is 21.3 Å². The van der Waals surface area contributed by atoms with Gasteiger partial charge in [0.15, 0.2) is 0 Å². The van der Waals surface area contributed by atoms with E-state index in [1.807, 2.05) is 0 Å². The maximum Gasteiger partial charge on any atom is 0.323 e. The van der Waals surface area contributed by atoms with Gasteiger partial charge in [0.2, 0.25) is 5.91 Å². The van der Waals surface area contributed by atoms with Gasteiger partial charge in [-0.3, -0.25) is 4.79 Å². The van der Waals surface area contributed by atoms with Crippen LogP contribution < -0.4 is 21.3 Å². The molecule has 3 rings (SSSR count). The molecule has 1 fully saturated rings. The van der Waals surface area contributed by atoms with E-state index in [0.717, 1.165) is 19.4 Å². The van der Waals surface area contributed by atoms with Crippen molar-refractivity contribution < 1.29 is 9.59 Å². The Morgan fingerprint density at radius 3 is 1.96 bits per heavy atom. The van der Waals surface area contributed by atoms with Gasteiger partial charge in [0.1, 0.15) is 0 Å². The number of halogens is 2. The van der Waals surface area contributed by atoms with E-state index in [9.17, 15) is 9.59 Å². The molecule has 1 aliphatic rings. The molecule has 6 nitrogen and oxygen atoms in total. The Kier molecular flexibility index (Phi) is 7.91. The van der Waals surface area contributed by atoms with Crippen molar-refractivity contribution in [3.8, 4) is 0 Å². The van der Waals surface area contributed by atoms with Crippen LogP contribution in [-0.2, 0) is 4.79 Å². The quantitative estimate of drug-likeness (QED) is 0.588. The summed E-state index contributed by atoms with van der Waals surface area (Å²) in [7, 11) is 0. The normalized spacial score (nSPS) is 15.5. The van der Waals surface area contributed by atoms with Crippen LogP contribution in [0.4, 0.5) is 21.9 Å². The smallest absolute Gasteiger partial charge is 0.323 e. The minimum absolute atomic E-state index is 0. The highest BCUT2D eigenvalue weighted by Gasteiger charge is 2.17. The fraction of sp³-hybridized carbons (Fsp3) is 0.263. The minimum atomic E-state index is -0.351. The Hall–Kier alpha value is -2.28. The highest BCUT2D eigenvalue weighted by molar-refractivity contribution is 6.30. The van der Waals surface area contributed by atoms with Gasteiger partial charge in [-0.2, -0.15) is 0 Å². The fourth-order valence-corrected chi connectivity index (χ4v) is 2.96. The van der Waals surface area contributed by atoms with Gasteiger partial charge in [-0.05, 0) is 67.9 Å². The molecule has 1 aliphatic heterocycles. The van der Waals surface area contributed by atoms with Gasteiger partial charge in [0.05, 0.1) is 0 Å². The van der Waals surface area contributed by atoms with Crippen LogP contribution in [0.3, 0.4) is 0 Å². The monoisotopic (exact) mass is 408 g/mol. The van der Waals surface area contributed by atoms with E-state index in [1.54, 1.807) is 48.5 Å². The molecule has 1 heterocycles. The average Bonchev–Trinajstić information content (AvgIpc) is 3.11. The van der Waals surface area contributed by atoms with Crippen molar-refractivity contribution >= 4 is 53.0 Å². The first-order chi connectivity index (χ1) is 12.6. The number of rotatable bonds is 5. The van der Waals surface area contributed by atoms with Crippen molar-refractivity contribution in [2.75, 3.05) is 22.5 Å². The Balaban J connectivity index is 0.00000261. The first kappa shape index (κ1) is 21.0. The predicted molar refractivity (Wildman–Crippen MR) is 112 cm³/mol. The number of urea groups is 1. The minimum Gasteiger partial charge on any atom is -0.326 e. The van der Waals surface area contributed by atoms with E-state index in [4.69, 9.17) is 11.6 Å². The third-order valence-corrected chi connectivity index (χ3v) is 4.37. The zero-order valence-electron chi connectivity index (χ0n) is 14.6. The first-order valence-electron chi connectivity index (χ1n) is 8.55. The van der Waals surface area contributed by atoms with Crippen LogP contribution in [0.5, 0.6) is 0 Å². The van der Waals surface area contributed by atoms with Gasteiger partial charge in [0, 0.05) is 34.5 Å². The maximum atomic E-state index is 12.0. The second-order valence-electron chi connectivity index (χ2n) is 6.21. The topological polar surface area (TPSA) is 82.3 Å². The van der Waals surface area contributed by atoms with E-state index >= 15 is 0 Å². The van der Waals surface area contributed by atoms with Gasteiger partial charge in [0.25, 0.3) is 0 Å². The van der Waals surface area contributed by atoms with Crippen LogP contribution in [0.15, 0.2) is 48.5 Å². The van der Waals surface area contributed by atoms with Crippen molar-refractivity contribution in [1.29, 1.82) is 0 Å². The Morgan fingerprint density at radius 1 is 0.926 bits per heavy atom. The largest absolute Gasteiger partial charge is 0.326 e. The standard InChI is InChI=1S/C19H21ClN4O2.ClH/c20-13-3-5-15(6-4-13)23-19(26)24-16-9-7-14(8-10-16)22-18(25)12-17-2-1-11-21-17;/h3-10,17,21H,1-2,11-12H2,(H,22,25)(H2,23,24,26);1H. The van der Waals surface area contributed by atoms with Crippen LogP contribution in [0.2, 0.25) is 5.02 Å². The van der Waals surface area contributed by atoms with Crippen LogP contribution in [0, 0.1) is 0 Å². The number of carbonyl (C=O) groups is 2. The number of nitrogens with one attached hydrogen (secondary N) is 4. The molecule has 144 valence electrons. The van der Waals surface area contributed by atoms with Crippen molar-refractivity contribution in [2.24, 2.45) is 0 Å². The highest BCUT2D eigenvalue weighted by atomic mass is 35.5. The molecule has 2 aromatic carbocycles. The zero-order valence-corrected chi connectivity index (χ0v) is 16.2. The maximum absolute atomic E-state index is 12.0. The third kappa shape index (κ3) is 6.75. The molecule has 0 aliphatic carbocycles. The molecule has 1 atom stereocenters. The molecule has 1 saturated heterocycles. The van der Waals surface area contributed by atoms with E-state index in [0.29, 0.717) is 28.5 Å². The molecule has 0 bridgehead atoms. The van der Waals surface area contributed by atoms with Gasteiger partial charge in [-0.15, -0.1) is 12.4 Å². The summed E-state index contributed by atoms with van der Waals surface area (Å²) in [6, 6.07) is 13.8. The average molecular weight is 409 g/mol. The molecule has 2 aromatic rings. The number of anilines is 3. The number of hydrogen-bond donors (Lipinski definition) is 4. The van der Waals surface area contributed by atoms with E-state index in [-0.39, 0.29) is 30.4 Å². The second kappa shape index (κ2) is 10.2. The number of hydrogen-bond acceptors (Lipinski definition) is 3. The molecule has 0 radical (unpaired) electrons. The van der Waals surface area contributed by atoms with E-state index in [1.165, 1.54) is 0 Å². The molecule has 0 aromatic heterocycles. The number of carbonyl (C=O) groups excluding carboxylic acids is 2. The summed E-state index contributed by atoms with van der Waals surface area (Å²) in [6.07, 6.45) is 2.64. The van der Waals surface area contributed by atoms with Crippen molar-refractivity contribution in [2.45, 2.75) is 25.3 Å². The third-order valence-electron chi connectivity index (χ3n) is 4.12. The number of amides is 3. The first-order valence-corrected chi connectivity index (χ1v) is 8.93. The van der Waals surface area contributed by atoms with Crippen LogP contribution in [-0.4, -0.2) is 24.5 Å². The SMILES string of the molecule is Cl.O=C(CC1CCCN1)Nc1ccc(NC(=O)Nc2ccc(Cl)cc2)cc1. The molecule has 3 amide bonds. The van der Waals surface area contributed by atoms with Crippen molar-refractivity contribution in [3.05, 3.63) is 53.6 Å². The van der Waals surface area contributed by atoms with Crippen LogP contribution >= 0.6 is 24.0 Å². The zero-order chi connectivity index (χ0) is 18.4. The molecular weight excluding hydrogens is 387 g/mol. The number of benzene rings is 2. The molecule has 27 heavy (non-hydrogen) atoms. The lowest BCUT2D eigenvalue weighted by Crippen LogP contribution is -2.27.